The van der Waals surface area contributed by atoms with Crippen molar-refractivity contribution in [3.8, 4) is 0 Å². The van der Waals surface area contributed by atoms with Crippen LogP contribution in [0, 0.1) is 0 Å². The smallest absolute Gasteiger partial charge is 0.355 e. The van der Waals surface area contributed by atoms with E-state index in [9.17, 15) is 4.79 Å². The molecule has 0 bridgehead atoms. The van der Waals surface area contributed by atoms with Gasteiger partial charge < -0.3 is 9.72 Å². The van der Waals surface area contributed by atoms with E-state index in [0.29, 0.717) is 12.3 Å². The maximum absolute atomic E-state index is 11.5. The molecule has 0 saturated carbocycles. The minimum absolute atomic E-state index is 0.298. The molecule has 0 fully saturated rings. The Kier molecular flexibility index (Phi) is 3.88. The summed E-state index contributed by atoms with van der Waals surface area (Å²) >= 11 is 1.69. The molecule has 1 aromatic heterocycles. The van der Waals surface area contributed by atoms with Crippen LogP contribution in [0.25, 0.3) is 0 Å². The Morgan fingerprint density at radius 3 is 2.65 bits per heavy atom. The van der Waals surface area contributed by atoms with Gasteiger partial charge >= 0.3 is 5.97 Å². The lowest BCUT2D eigenvalue weighted by Crippen LogP contribution is -2.05. The number of H-pyrrole nitrogens is 1. The first kappa shape index (κ1) is 11.8. The van der Waals surface area contributed by atoms with Gasteiger partial charge in [-0.25, -0.2) is 4.79 Å². The van der Waals surface area contributed by atoms with E-state index in [1.54, 1.807) is 30.1 Å². The number of aromatic amines is 1. The van der Waals surface area contributed by atoms with Crippen molar-refractivity contribution in [3.05, 3.63) is 53.9 Å². The number of carbonyl (C=O) groups is 1. The van der Waals surface area contributed by atoms with E-state index in [1.807, 2.05) is 30.5 Å². The number of aromatic nitrogens is 1. The molecule has 0 atom stereocenters. The lowest BCUT2D eigenvalue weighted by Gasteiger charge is -2.04. The highest BCUT2D eigenvalue weighted by Gasteiger charge is 2.07. The fourth-order valence-electron chi connectivity index (χ4n) is 1.41. The van der Waals surface area contributed by atoms with Crippen LogP contribution in [0.5, 0.6) is 0 Å². The summed E-state index contributed by atoms with van der Waals surface area (Å²) in [6.45, 7) is 0.298. The molecule has 0 unspecified atom stereocenters. The second-order valence-corrected chi connectivity index (χ2v) is 4.39. The zero-order valence-corrected chi connectivity index (χ0v) is 10.3. The van der Waals surface area contributed by atoms with E-state index in [-0.39, 0.29) is 5.97 Å². The third-order valence-corrected chi connectivity index (χ3v) is 3.09. The Morgan fingerprint density at radius 2 is 2.06 bits per heavy atom. The van der Waals surface area contributed by atoms with Gasteiger partial charge in [0.15, 0.2) is 0 Å². The highest BCUT2D eigenvalue weighted by atomic mass is 32.2. The van der Waals surface area contributed by atoms with Crippen LogP contribution in [-0.4, -0.2) is 17.2 Å². The second-order valence-electron chi connectivity index (χ2n) is 3.51. The van der Waals surface area contributed by atoms with Crippen LogP contribution >= 0.6 is 11.8 Å². The van der Waals surface area contributed by atoms with Crippen LogP contribution in [0.4, 0.5) is 0 Å². The van der Waals surface area contributed by atoms with Crippen molar-refractivity contribution in [2.24, 2.45) is 0 Å². The number of nitrogens with one attached hydrogen (secondary N) is 1. The summed E-state index contributed by atoms with van der Waals surface area (Å²) < 4.78 is 5.17. The third kappa shape index (κ3) is 3.14. The van der Waals surface area contributed by atoms with E-state index in [2.05, 4.69) is 4.98 Å². The van der Waals surface area contributed by atoms with Crippen molar-refractivity contribution >= 4 is 17.7 Å². The van der Waals surface area contributed by atoms with Gasteiger partial charge in [-0.05, 0) is 36.1 Å². The van der Waals surface area contributed by atoms with Crippen molar-refractivity contribution < 1.29 is 9.53 Å². The van der Waals surface area contributed by atoms with Gasteiger partial charge in [-0.15, -0.1) is 11.8 Å². The molecule has 2 aromatic rings. The molecule has 0 aliphatic rings. The third-order valence-electron chi connectivity index (χ3n) is 2.35. The molecule has 17 heavy (non-hydrogen) atoms. The Bertz CT molecular complexity index is 477. The number of benzene rings is 1. The summed E-state index contributed by atoms with van der Waals surface area (Å²) in [5.74, 6) is -0.330. The minimum atomic E-state index is -0.330. The molecule has 4 heteroatoms. The SMILES string of the molecule is CSc1ccc(COC(=O)c2ccc[nH]2)cc1. The van der Waals surface area contributed by atoms with Crippen molar-refractivity contribution in [1.29, 1.82) is 0 Å². The van der Waals surface area contributed by atoms with Crippen LogP contribution in [-0.2, 0) is 11.3 Å². The maximum atomic E-state index is 11.5. The van der Waals surface area contributed by atoms with E-state index in [1.165, 1.54) is 4.90 Å². The van der Waals surface area contributed by atoms with Crippen LogP contribution < -0.4 is 0 Å². The highest BCUT2D eigenvalue weighted by molar-refractivity contribution is 7.98. The normalized spacial score (nSPS) is 10.2. The Balaban J connectivity index is 1.91. The van der Waals surface area contributed by atoms with Gasteiger partial charge in [0, 0.05) is 11.1 Å². The number of thioether (sulfide) groups is 1. The first-order chi connectivity index (χ1) is 8.29. The fraction of sp³-hybridized carbons (Fsp3) is 0.154. The largest absolute Gasteiger partial charge is 0.456 e. The van der Waals surface area contributed by atoms with E-state index >= 15 is 0 Å². The molecule has 3 nitrogen and oxygen atoms in total. The molecule has 0 spiro atoms. The molecule has 0 radical (unpaired) electrons. The first-order valence-electron chi connectivity index (χ1n) is 5.23. The van der Waals surface area contributed by atoms with E-state index < -0.39 is 0 Å². The molecule has 88 valence electrons. The summed E-state index contributed by atoms with van der Waals surface area (Å²) in [4.78, 5) is 15.6. The van der Waals surface area contributed by atoms with Crippen LogP contribution in [0.2, 0.25) is 0 Å². The van der Waals surface area contributed by atoms with Crippen molar-refractivity contribution in [2.75, 3.05) is 6.26 Å². The zero-order chi connectivity index (χ0) is 12.1. The molecule has 0 saturated heterocycles. The Morgan fingerprint density at radius 1 is 1.29 bits per heavy atom. The van der Waals surface area contributed by atoms with Gasteiger partial charge in [-0.2, -0.15) is 0 Å². The maximum Gasteiger partial charge on any atom is 0.355 e. The Labute approximate surface area is 104 Å². The number of ether oxygens (including phenoxy) is 1. The van der Waals surface area contributed by atoms with Crippen molar-refractivity contribution in [2.45, 2.75) is 11.5 Å². The molecular weight excluding hydrogens is 234 g/mol. The zero-order valence-electron chi connectivity index (χ0n) is 9.47. The van der Waals surface area contributed by atoms with Gasteiger partial charge in [-0.3, -0.25) is 0 Å². The molecule has 0 aliphatic carbocycles. The molecular formula is C13H13NO2S. The van der Waals surface area contributed by atoms with Gasteiger partial charge in [0.1, 0.15) is 12.3 Å². The average molecular weight is 247 g/mol. The molecule has 0 aliphatic heterocycles. The predicted octanol–water partition coefficient (Wildman–Crippen LogP) is 3.09. The quantitative estimate of drug-likeness (QED) is 0.667. The molecule has 1 N–H and O–H groups in total. The number of hydrogen-bond acceptors (Lipinski definition) is 3. The number of rotatable bonds is 4. The summed E-state index contributed by atoms with van der Waals surface area (Å²) in [6, 6.07) is 11.4. The van der Waals surface area contributed by atoms with E-state index in [4.69, 9.17) is 4.74 Å². The molecule has 0 amide bonds. The second kappa shape index (κ2) is 5.59. The predicted molar refractivity (Wildman–Crippen MR) is 68.1 cm³/mol. The lowest BCUT2D eigenvalue weighted by atomic mass is 10.2. The van der Waals surface area contributed by atoms with Crippen LogP contribution in [0.15, 0.2) is 47.5 Å². The topological polar surface area (TPSA) is 42.1 Å². The first-order valence-corrected chi connectivity index (χ1v) is 6.45. The lowest BCUT2D eigenvalue weighted by molar-refractivity contribution is 0.0466. The monoisotopic (exact) mass is 247 g/mol. The molecule has 1 heterocycles. The number of hydrogen-bond donors (Lipinski definition) is 1. The summed E-state index contributed by atoms with van der Waals surface area (Å²) in [5, 5.41) is 0. The molecule has 2 rings (SSSR count). The molecule has 1 aromatic carbocycles. The van der Waals surface area contributed by atoms with E-state index in [0.717, 1.165) is 5.56 Å². The van der Waals surface area contributed by atoms with Gasteiger partial charge in [0.05, 0.1) is 0 Å². The minimum Gasteiger partial charge on any atom is -0.456 e. The van der Waals surface area contributed by atoms with Crippen molar-refractivity contribution in [3.63, 3.8) is 0 Å². The Hall–Kier alpha value is -1.68. The highest BCUT2D eigenvalue weighted by Crippen LogP contribution is 2.15. The summed E-state index contributed by atoms with van der Waals surface area (Å²) in [7, 11) is 0. The van der Waals surface area contributed by atoms with Crippen molar-refractivity contribution in [1.82, 2.24) is 4.98 Å². The average Bonchev–Trinajstić information content (AvgIpc) is 2.90. The number of esters is 1. The standard InChI is InChI=1S/C13H13NO2S/c1-17-11-6-4-10(5-7-11)9-16-13(15)12-3-2-8-14-12/h2-8,14H,9H2,1H3. The van der Waals surface area contributed by atoms with Gasteiger partial charge in [-0.1, -0.05) is 12.1 Å². The van der Waals surface area contributed by atoms with Gasteiger partial charge in [0.25, 0.3) is 0 Å². The fourth-order valence-corrected chi connectivity index (χ4v) is 1.81. The summed E-state index contributed by atoms with van der Waals surface area (Å²) in [5.41, 5.74) is 1.47. The summed E-state index contributed by atoms with van der Waals surface area (Å²) in [6.07, 6.45) is 3.73. The van der Waals surface area contributed by atoms with Gasteiger partial charge in [0.2, 0.25) is 0 Å². The van der Waals surface area contributed by atoms with Crippen LogP contribution in [0.1, 0.15) is 16.1 Å². The van der Waals surface area contributed by atoms with Crippen LogP contribution in [0.3, 0.4) is 0 Å². The number of carbonyl (C=O) groups excluding carboxylic acids is 1.